The van der Waals surface area contributed by atoms with Gasteiger partial charge in [0, 0.05) is 6.42 Å². The van der Waals surface area contributed by atoms with Gasteiger partial charge >= 0.3 is 29.6 Å². The number of aliphatic carboxylic acids is 1. The first-order valence-electron chi connectivity index (χ1n) is 2.13. The number of carbonyl (C=O) groups is 1. The van der Waals surface area contributed by atoms with E-state index >= 15 is 0 Å². The minimum atomic E-state index is -1.65. The van der Waals surface area contributed by atoms with Gasteiger partial charge in [-0.05, 0) is 0 Å². The monoisotopic (exact) mass is 144 g/mol. The Bertz CT molecular complexity index is 87.9. The third-order valence-corrected chi connectivity index (χ3v) is 0.655. The smallest absolute Gasteiger partial charge is 0.547 e. The van der Waals surface area contributed by atoms with Gasteiger partial charge in [-0.1, -0.05) is 0 Å². The quantitative estimate of drug-likeness (QED) is 0.406. The fraction of sp³-hybridized carbons (Fsp3) is 0.750. The molecule has 5 heteroatoms. The van der Waals surface area contributed by atoms with E-state index in [1.54, 1.807) is 0 Å². The summed E-state index contributed by atoms with van der Waals surface area (Å²) in [5, 5.41) is 17.8. The van der Waals surface area contributed by atoms with E-state index in [2.05, 4.69) is 0 Å². The Labute approximate surface area is 74.2 Å². The van der Waals surface area contributed by atoms with Gasteiger partial charge < -0.3 is 15.0 Å². The van der Waals surface area contributed by atoms with Crippen molar-refractivity contribution in [2.24, 2.45) is 0 Å². The zero-order valence-electron chi connectivity index (χ0n) is 5.13. The number of hydrogen-bond donors (Lipinski definition) is 1. The first kappa shape index (κ1) is 12.1. The van der Waals surface area contributed by atoms with Crippen molar-refractivity contribution in [3.63, 3.8) is 0 Å². The summed E-state index contributed by atoms with van der Waals surface area (Å²) in [5.74, 6) is -1.62. The van der Waals surface area contributed by atoms with Crippen molar-refractivity contribution in [3.8, 4) is 0 Å². The molecular weight excluding hydrogens is 138 g/mol. The van der Waals surface area contributed by atoms with Crippen molar-refractivity contribution >= 4 is 5.97 Å². The van der Waals surface area contributed by atoms with Crippen molar-refractivity contribution in [1.29, 1.82) is 0 Å². The molecule has 0 saturated heterocycles. The van der Waals surface area contributed by atoms with Crippen LogP contribution in [0.25, 0.3) is 0 Å². The molecule has 0 bridgehead atoms. The van der Waals surface area contributed by atoms with Gasteiger partial charge in [0.25, 0.3) is 0 Å². The molecule has 0 aliphatic carbocycles. The Morgan fingerprint density at radius 1 is 1.78 bits per heavy atom. The Balaban J connectivity index is 0. The van der Waals surface area contributed by atoms with Crippen LogP contribution >= 0.6 is 0 Å². The summed E-state index contributed by atoms with van der Waals surface area (Å²) in [4.78, 5) is 9.56. The number of hydrogen-bond acceptors (Lipinski definition) is 3. The molecule has 0 radical (unpaired) electrons. The largest absolute Gasteiger partial charge is 1.00 e. The molecule has 0 amide bonds. The minimum Gasteiger partial charge on any atom is -0.547 e. The first-order chi connectivity index (χ1) is 3.68. The average molecular weight is 144 g/mol. The standard InChI is InChI=1S/C4H7FO3.Na/c5-2-1-3(6)4(7)8;/h3,6H,1-2H2,(H,7,8);/q;+1/p-1. The van der Waals surface area contributed by atoms with Crippen LogP contribution in [0.2, 0.25) is 0 Å². The zero-order valence-corrected chi connectivity index (χ0v) is 7.13. The summed E-state index contributed by atoms with van der Waals surface area (Å²) in [6.07, 6.45) is -2.04. The van der Waals surface area contributed by atoms with E-state index in [4.69, 9.17) is 5.11 Å². The predicted octanol–water partition coefficient (Wildman–Crippen LogP) is -4.54. The Hall–Kier alpha value is 0.360. The molecule has 0 spiro atoms. The van der Waals surface area contributed by atoms with Crippen molar-refractivity contribution < 1.29 is 49.0 Å². The number of carbonyl (C=O) groups excluding carboxylic acids is 1. The van der Waals surface area contributed by atoms with Crippen LogP contribution in [0.3, 0.4) is 0 Å². The van der Waals surface area contributed by atoms with E-state index < -0.39 is 18.7 Å². The second-order valence-corrected chi connectivity index (χ2v) is 1.31. The second-order valence-electron chi connectivity index (χ2n) is 1.31. The van der Waals surface area contributed by atoms with E-state index in [1.807, 2.05) is 0 Å². The Kier molecular flexibility index (Phi) is 8.69. The number of carboxylic acids is 1. The van der Waals surface area contributed by atoms with Crippen LogP contribution in [0.5, 0.6) is 0 Å². The molecular formula is C4H6FNaO3. The summed E-state index contributed by atoms with van der Waals surface area (Å²) < 4.78 is 11.2. The van der Waals surface area contributed by atoms with Crippen molar-refractivity contribution in [2.75, 3.05) is 6.67 Å². The molecule has 0 aromatic heterocycles. The number of rotatable bonds is 3. The maximum Gasteiger partial charge on any atom is 1.00 e. The molecule has 1 atom stereocenters. The van der Waals surface area contributed by atoms with Gasteiger partial charge in [-0.15, -0.1) is 0 Å². The van der Waals surface area contributed by atoms with E-state index in [0.29, 0.717) is 0 Å². The van der Waals surface area contributed by atoms with E-state index in [1.165, 1.54) is 0 Å². The SMILES string of the molecule is O=C([O-])C(O)CCF.[Na+]. The third-order valence-electron chi connectivity index (χ3n) is 0.655. The van der Waals surface area contributed by atoms with Gasteiger partial charge in [0.1, 0.15) is 0 Å². The number of alkyl halides is 1. The molecule has 0 fully saturated rings. The normalized spacial score (nSPS) is 11.8. The van der Waals surface area contributed by atoms with E-state index in [9.17, 15) is 14.3 Å². The van der Waals surface area contributed by atoms with E-state index in [0.717, 1.165) is 0 Å². The molecule has 48 valence electrons. The zero-order chi connectivity index (χ0) is 6.57. The van der Waals surface area contributed by atoms with Crippen molar-refractivity contribution in [2.45, 2.75) is 12.5 Å². The summed E-state index contributed by atoms with van der Waals surface area (Å²) in [6, 6.07) is 0. The van der Waals surface area contributed by atoms with E-state index in [-0.39, 0.29) is 36.0 Å². The van der Waals surface area contributed by atoms with Crippen LogP contribution in [-0.4, -0.2) is 23.9 Å². The minimum absolute atomic E-state index is 0. The van der Waals surface area contributed by atoms with Crippen molar-refractivity contribution in [3.05, 3.63) is 0 Å². The van der Waals surface area contributed by atoms with Gasteiger partial charge in [-0.2, -0.15) is 0 Å². The fourth-order valence-electron chi connectivity index (χ4n) is 0.221. The van der Waals surface area contributed by atoms with Gasteiger partial charge in [-0.25, -0.2) is 0 Å². The maximum absolute atomic E-state index is 11.2. The van der Waals surface area contributed by atoms with Gasteiger partial charge in [0.2, 0.25) is 0 Å². The van der Waals surface area contributed by atoms with Crippen LogP contribution in [0.1, 0.15) is 6.42 Å². The van der Waals surface area contributed by atoms with Crippen molar-refractivity contribution in [1.82, 2.24) is 0 Å². The third kappa shape index (κ3) is 6.24. The number of aliphatic hydroxyl groups excluding tert-OH is 1. The Morgan fingerprint density at radius 2 is 2.22 bits per heavy atom. The van der Waals surface area contributed by atoms with Crippen LogP contribution < -0.4 is 34.7 Å². The molecule has 0 aliphatic heterocycles. The van der Waals surface area contributed by atoms with Gasteiger partial charge in [-0.3, -0.25) is 4.39 Å². The molecule has 0 aromatic carbocycles. The van der Waals surface area contributed by atoms with Gasteiger partial charge in [0.15, 0.2) is 0 Å². The average Bonchev–Trinajstić information content (AvgIpc) is 1.67. The number of carboxylic acid groups (broad SMARTS) is 1. The summed E-state index contributed by atoms with van der Waals surface area (Å²) in [7, 11) is 0. The summed E-state index contributed by atoms with van der Waals surface area (Å²) in [5.41, 5.74) is 0. The van der Waals surface area contributed by atoms with Gasteiger partial charge in [0.05, 0.1) is 18.7 Å². The number of halogens is 1. The molecule has 0 heterocycles. The van der Waals surface area contributed by atoms with Crippen LogP contribution in [-0.2, 0) is 4.79 Å². The summed E-state index contributed by atoms with van der Waals surface area (Å²) >= 11 is 0. The topological polar surface area (TPSA) is 60.4 Å². The molecule has 1 unspecified atom stereocenters. The number of aliphatic hydroxyl groups is 1. The molecule has 3 nitrogen and oxygen atoms in total. The predicted molar refractivity (Wildman–Crippen MR) is 21.6 cm³/mol. The molecule has 0 aliphatic rings. The van der Waals surface area contributed by atoms with Crippen LogP contribution in [0.15, 0.2) is 0 Å². The molecule has 0 rings (SSSR count). The fourth-order valence-corrected chi connectivity index (χ4v) is 0.221. The molecule has 0 aromatic rings. The molecule has 1 N–H and O–H groups in total. The molecule has 9 heavy (non-hydrogen) atoms. The molecule has 0 saturated carbocycles. The maximum atomic E-state index is 11.2. The Morgan fingerprint density at radius 3 is 2.33 bits per heavy atom. The van der Waals surface area contributed by atoms with Crippen LogP contribution in [0, 0.1) is 0 Å². The first-order valence-corrected chi connectivity index (χ1v) is 2.13. The van der Waals surface area contributed by atoms with Crippen LogP contribution in [0.4, 0.5) is 4.39 Å². The summed E-state index contributed by atoms with van der Waals surface area (Å²) in [6.45, 7) is -0.838. The second kappa shape index (κ2) is 6.48.